The van der Waals surface area contributed by atoms with Crippen LogP contribution in [0.4, 0.5) is 0 Å². The van der Waals surface area contributed by atoms with E-state index in [1.54, 1.807) is 6.07 Å². The number of fused-ring (bicyclic) bond motifs is 3. The molecule has 1 aromatic heterocycles. The second kappa shape index (κ2) is 6.74. The molecule has 0 saturated heterocycles. The summed E-state index contributed by atoms with van der Waals surface area (Å²) < 4.78 is 3.37. The molecule has 0 bridgehead atoms. The summed E-state index contributed by atoms with van der Waals surface area (Å²) in [6, 6.07) is 19.7. The van der Waals surface area contributed by atoms with Crippen LogP contribution in [0.2, 0.25) is 0 Å². The minimum Gasteiger partial charge on any atom is -0.392 e. The summed E-state index contributed by atoms with van der Waals surface area (Å²) in [5, 5.41) is 11.4. The van der Waals surface area contributed by atoms with Crippen molar-refractivity contribution in [3.63, 3.8) is 0 Å². The second-order valence-electron chi connectivity index (χ2n) is 6.25. The van der Waals surface area contributed by atoms with Gasteiger partial charge in [0.15, 0.2) is 0 Å². The third-order valence-electron chi connectivity index (χ3n) is 4.69. The number of halogens is 1. The quantitative estimate of drug-likeness (QED) is 0.456. The zero-order valence-corrected chi connectivity index (χ0v) is 16.1. The van der Waals surface area contributed by atoms with Crippen molar-refractivity contribution in [3.8, 4) is 0 Å². The van der Waals surface area contributed by atoms with E-state index in [2.05, 4.69) is 39.3 Å². The van der Waals surface area contributed by atoms with Crippen LogP contribution in [0.25, 0.3) is 21.8 Å². The standard InChI is InChI=1S/C21H17IN2O2/c22-17-6-2-1-4-14(17)11-24-18-7-3-5-16(21(23)26)20(18)15-9-8-13(12-25)10-19(15)24/h1-10,25H,11-12H2,(H2,23,26). The van der Waals surface area contributed by atoms with Gasteiger partial charge >= 0.3 is 0 Å². The van der Waals surface area contributed by atoms with E-state index in [9.17, 15) is 9.90 Å². The van der Waals surface area contributed by atoms with Gasteiger partial charge in [-0.3, -0.25) is 4.79 Å². The number of carbonyl (C=O) groups is 1. The molecule has 130 valence electrons. The number of nitrogens with two attached hydrogens (primary N) is 1. The molecule has 0 fully saturated rings. The molecule has 0 aliphatic heterocycles. The predicted molar refractivity (Wildman–Crippen MR) is 112 cm³/mol. The Labute approximate surface area is 164 Å². The zero-order chi connectivity index (χ0) is 18.3. The molecule has 0 aliphatic rings. The molecule has 1 heterocycles. The zero-order valence-electron chi connectivity index (χ0n) is 13.9. The number of carbonyl (C=O) groups excluding carboxylic acids is 1. The van der Waals surface area contributed by atoms with E-state index in [-0.39, 0.29) is 6.61 Å². The Morgan fingerprint density at radius 1 is 1.04 bits per heavy atom. The van der Waals surface area contributed by atoms with Crippen molar-refractivity contribution < 1.29 is 9.90 Å². The molecule has 4 rings (SSSR count). The van der Waals surface area contributed by atoms with Crippen LogP contribution in [-0.4, -0.2) is 15.6 Å². The minimum absolute atomic E-state index is 0.0248. The van der Waals surface area contributed by atoms with Crippen LogP contribution in [0.15, 0.2) is 60.7 Å². The molecule has 0 saturated carbocycles. The number of aliphatic hydroxyl groups is 1. The van der Waals surface area contributed by atoms with E-state index in [0.717, 1.165) is 27.4 Å². The number of benzene rings is 3. The first kappa shape index (κ1) is 17.1. The van der Waals surface area contributed by atoms with Gasteiger partial charge in [-0.25, -0.2) is 0 Å². The maximum absolute atomic E-state index is 12.0. The fourth-order valence-electron chi connectivity index (χ4n) is 3.46. The van der Waals surface area contributed by atoms with Crippen LogP contribution in [-0.2, 0) is 13.2 Å². The average molecular weight is 456 g/mol. The van der Waals surface area contributed by atoms with Gasteiger partial charge in [-0.1, -0.05) is 36.4 Å². The van der Waals surface area contributed by atoms with Crippen molar-refractivity contribution in [1.82, 2.24) is 4.57 Å². The van der Waals surface area contributed by atoms with E-state index in [4.69, 9.17) is 5.73 Å². The molecule has 5 heteroatoms. The lowest BCUT2D eigenvalue weighted by Gasteiger charge is -2.10. The molecule has 0 atom stereocenters. The van der Waals surface area contributed by atoms with Gasteiger partial charge in [-0.05, 0) is 58.0 Å². The predicted octanol–water partition coefficient (Wildman–Crippen LogP) is 4.04. The molecular weight excluding hydrogens is 439 g/mol. The van der Waals surface area contributed by atoms with E-state index in [0.29, 0.717) is 12.1 Å². The van der Waals surface area contributed by atoms with Crippen molar-refractivity contribution in [2.45, 2.75) is 13.2 Å². The lowest BCUT2D eigenvalue weighted by atomic mass is 10.0. The molecular formula is C21H17IN2O2. The number of hydrogen-bond donors (Lipinski definition) is 2. The van der Waals surface area contributed by atoms with Crippen LogP contribution >= 0.6 is 22.6 Å². The molecule has 0 aliphatic carbocycles. The molecule has 4 nitrogen and oxygen atoms in total. The third-order valence-corrected chi connectivity index (χ3v) is 5.74. The topological polar surface area (TPSA) is 68.2 Å². The van der Waals surface area contributed by atoms with E-state index in [1.165, 1.54) is 9.13 Å². The maximum atomic E-state index is 12.0. The first-order valence-corrected chi connectivity index (χ1v) is 9.36. The Balaban J connectivity index is 2.07. The van der Waals surface area contributed by atoms with Gasteiger partial charge in [0, 0.05) is 32.0 Å². The molecule has 26 heavy (non-hydrogen) atoms. The van der Waals surface area contributed by atoms with E-state index < -0.39 is 5.91 Å². The van der Waals surface area contributed by atoms with Crippen molar-refractivity contribution in [2.24, 2.45) is 5.73 Å². The van der Waals surface area contributed by atoms with Gasteiger partial charge in [0.05, 0.1) is 12.1 Å². The number of hydrogen-bond acceptors (Lipinski definition) is 2. The van der Waals surface area contributed by atoms with Gasteiger partial charge < -0.3 is 15.4 Å². The van der Waals surface area contributed by atoms with E-state index in [1.807, 2.05) is 42.5 Å². The highest BCUT2D eigenvalue weighted by molar-refractivity contribution is 14.1. The Bertz CT molecular complexity index is 1150. The lowest BCUT2D eigenvalue weighted by molar-refractivity contribution is 0.100. The van der Waals surface area contributed by atoms with Crippen LogP contribution in [0.1, 0.15) is 21.5 Å². The average Bonchev–Trinajstić information content (AvgIpc) is 2.96. The van der Waals surface area contributed by atoms with Gasteiger partial charge in [0.2, 0.25) is 5.91 Å². The van der Waals surface area contributed by atoms with Crippen LogP contribution in [0, 0.1) is 3.57 Å². The minimum atomic E-state index is -0.435. The summed E-state index contributed by atoms with van der Waals surface area (Å²) >= 11 is 2.34. The highest BCUT2D eigenvalue weighted by atomic mass is 127. The maximum Gasteiger partial charge on any atom is 0.249 e. The number of primary amides is 1. The van der Waals surface area contributed by atoms with Gasteiger partial charge in [-0.2, -0.15) is 0 Å². The SMILES string of the molecule is NC(=O)c1cccc2c1c1ccc(CO)cc1n2Cc1ccccc1I. The highest BCUT2D eigenvalue weighted by Crippen LogP contribution is 2.33. The number of nitrogens with zero attached hydrogens (tertiary/aromatic N) is 1. The van der Waals surface area contributed by atoms with Crippen LogP contribution in [0.3, 0.4) is 0 Å². The van der Waals surface area contributed by atoms with Crippen molar-refractivity contribution in [1.29, 1.82) is 0 Å². The lowest BCUT2D eigenvalue weighted by Crippen LogP contribution is -2.11. The normalized spacial score (nSPS) is 11.3. The highest BCUT2D eigenvalue weighted by Gasteiger charge is 2.17. The number of amides is 1. The summed E-state index contributed by atoms with van der Waals surface area (Å²) in [7, 11) is 0. The number of aliphatic hydroxyl groups excluding tert-OH is 1. The third kappa shape index (κ3) is 2.77. The Morgan fingerprint density at radius 3 is 2.58 bits per heavy atom. The Morgan fingerprint density at radius 2 is 1.85 bits per heavy atom. The van der Waals surface area contributed by atoms with Crippen LogP contribution < -0.4 is 5.73 Å². The Kier molecular flexibility index (Phi) is 4.42. The monoisotopic (exact) mass is 456 g/mol. The van der Waals surface area contributed by atoms with E-state index >= 15 is 0 Å². The fraction of sp³-hybridized carbons (Fsp3) is 0.0952. The second-order valence-corrected chi connectivity index (χ2v) is 7.41. The van der Waals surface area contributed by atoms with Gasteiger partial charge in [0.25, 0.3) is 0 Å². The molecule has 0 unspecified atom stereocenters. The number of aromatic nitrogens is 1. The Hall–Kier alpha value is -2.38. The molecule has 0 radical (unpaired) electrons. The summed E-state index contributed by atoms with van der Waals surface area (Å²) in [6.45, 7) is 0.652. The number of rotatable bonds is 4. The van der Waals surface area contributed by atoms with Crippen molar-refractivity contribution in [3.05, 3.63) is 80.9 Å². The first-order chi connectivity index (χ1) is 12.6. The summed E-state index contributed by atoms with van der Waals surface area (Å²) in [5.74, 6) is -0.435. The molecule has 1 amide bonds. The molecule has 4 aromatic rings. The molecule has 3 N–H and O–H groups in total. The van der Waals surface area contributed by atoms with Crippen molar-refractivity contribution in [2.75, 3.05) is 0 Å². The molecule has 0 spiro atoms. The fourth-order valence-corrected chi connectivity index (χ4v) is 4.02. The first-order valence-electron chi connectivity index (χ1n) is 8.28. The smallest absolute Gasteiger partial charge is 0.249 e. The summed E-state index contributed by atoms with van der Waals surface area (Å²) in [4.78, 5) is 12.0. The van der Waals surface area contributed by atoms with Gasteiger partial charge in [0.1, 0.15) is 0 Å². The van der Waals surface area contributed by atoms with Gasteiger partial charge in [-0.15, -0.1) is 0 Å². The molecule has 3 aromatic carbocycles. The van der Waals surface area contributed by atoms with Crippen molar-refractivity contribution >= 4 is 50.3 Å². The summed E-state index contributed by atoms with van der Waals surface area (Å²) in [5.41, 5.74) is 10.1. The largest absolute Gasteiger partial charge is 0.392 e. The van der Waals surface area contributed by atoms with Crippen LogP contribution in [0.5, 0.6) is 0 Å². The summed E-state index contributed by atoms with van der Waals surface area (Å²) in [6.07, 6.45) is 0.